The monoisotopic (exact) mass is 495 g/mol. The van der Waals surface area contributed by atoms with Crippen LogP contribution in [0.1, 0.15) is 90.3 Å². The van der Waals surface area contributed by atoms with Crippen LogP contribution in [0.15, 0.2) is 36.4 Å². The van der Waals surface area contributed by atoms with Gasteiger partial charge in [0, 0.05) is 53.1 Å². The van der Waals surface area contributed by atoms with E-state index in [1.807, 2.05) is 17.0 Å². The van der Waals surface area contributed by atoms with Crippen molar-refractivity contribution < 1.29 is 14.7 Å². The van der Waals surface area contributed by atoms with Crippen LogP contribution in [0.3, 0.4) is 0 Å². The molecule has 1 amide bonds. The normalized spacial score (nSPS) is 17.9. The van der Waals surface area contributed by atoms with Gasteiger partial charge in [-0.2, -0.15) is 0 Å². The van der Waals surface area contributed by atoms with Gasteiger partial charge in [0.1, 0.15) is 5.69 Å². The maximum atomic E-state index is 13.6. The predicted molar refractivity (Wildman–Crippen MR) is 145 cm³/mol. The molecule has 0 atom stereocenters. The van der Waals surface area contributed by atoms with E-state index in [1.165, 1.54) is 65.2 Å². The van der Waals surface area contributed by atoms with Crippen molar-refractivity contribution in [3.63, 3.8) is 0 Å². The summed E-state index contributed by atoms with van der Waals surface area (Å²) in [7, 11) is 0. The third-order valence-electron chi connectivity index (χ3n) is 8.98. The first kappa shape index (κ1) is 22.6. The summed E-state index contributed by atoms with van der Waals surface area (Å²) >= 11 is 0. The van der Waals surface area contributed by atoms with Gasteiger partial charge in [0.15, 0.2) is 0 Å². The number of hydrogen-bond acceptors (Lipinski definition) is 2. The fraction of sp³-hybridized carbons (Fsp3) is 0.419. The Morgan fingerprint density at radius 1 is 0.946 bits per heavy atom. The van der Waals surface area contributed by atoms with Gasteiger partial charge in [0.25, 0.3) is 5.91 Å². The number of amides is 1. The highest BCUT2D eigenvalue weighted by molar-refractivity contribution is 6.09. The number of para-hydroxylation sites is 1. The van der Waals surface area contributed by atoms with Crippen molar-refractivity contribution in [3.8, 4) is 11.3 Å². The molecule has 2 aromatic carbocycles. The maximum absolute atomic E-state index is 13.6. The molecule has 0 spiro atoms. The highest BCUT2D eigenvalue weighted by atomic mass is 16.4. The van der Waals surface area contributed by atoms with E-state index in [9.17, 15) is 14.7 Å². The molecule has 1 saturated carbocycles. The smallest absolute Gasteiger partial charge is 0.335 e. The van der Waals surface area contributed by atoms with E-state index in [2.05, 4.69) is 41.2 Å². The second kappa shape index (κ2) is 8.23. The van der Waals surface area contributed by atoms with Crippen LogP contribution in [0, 0.1) is 0 Å². The van der Waals surface area contributed by atoms with Crippen molar-refractivity contribution in [2.45, 2.75) is 84.0 Å². The molecule has 7 rings (SSSR count). The average molecular weight is 496 g/mol. The van der Waals surface area contributed by atoms with Crippen molar-refractivity contribution in [2.24, 2.45) is 0 Å². The molecule has 0 unspecified atom stereocenters. The lowest BCUT2D eigenvalue weighted by molar-refractivity contribution is 0.0694. The van der Waals surface area contributed by atoms with Gasteiger partial charge in [0.05, 0.1) is 16.8 Å². The Balaban J connectivity index is 1.56. The Hall–Kier alpha value is -3.54. The van der Waals surface area contributed by atoms with Crippen LogP contribution in [0.4, 0.5) is 0 Å². The van der Waals surface area contributed by atoms with Gasteiger partial charge in [-0.25, -0.2) is 4.79 Å². The maximum Gasteiger partial charge on any atom is 0.335 e. The Morgan fingerprint density at radius 2 is 1.73 bits per heavy atom. The van der Waals surface area contributed by atoms with Gasteiger partial charge in [-0.1, -0.05) is 43.5 Å². The van der Waals surface area contributed by atoms with E-state index in [0.717, 1.165) is 36.3 Å². The van der Waals surface area contributed by atoms with Gasteiger partial charge in [0.2, 0.25) is 0 Å². The van der Waals surface area contributed by atoms with Crippen LogP contribution in [0.5, 0.6) is 0 Å². The third-order valence-corrected chi connectivity index (χ3v) is 8.98. The first-order valence-electron chi connectivity index (χ1n) is 13.8. The number of carboxylic acids is 1. The lowest BCUT2D eigenvalue weighted by Crippen LogP contribution is -2.32. The standard InChI is InChI=1S/C31H33N3O3/c1-18(2)34-17-24-21-10-6-11-23-27(21)33(29(24)30(34)35)15-7-14-32-25-16-20(31(36)37)12-13-22(25)26(28(23)32)19-8-4-3-5-9-19/h6,10-13,16,18-19H,3-5,7-9,14-15,17H2,1-2H3,(H,36,37). The van der Waals surface area contributed by atoms with E-state index in [-0.39, 0.29) is 11.9 Å². The largest absolute Gasteiger partial charge is 0.478 e. The molecule has 0 bridgehead atoms. The van der Waals surface area contributed by atoms with Crippen molar-refractivity contribution >= 4 is 33.7 Å². The summed E-state index contributed by atoms with van der Waals surface area (Å²) in [5.41, 5.74) is 8.37. The molecular weight excluding hydrogens is 462 g/mol. The molecule has 3 aliphatic rings. The molecule has 6 nitrogen and oxygen atoms in total. The number of fused-ring (bicyclic) bond motifs is 7. The van der Waals surface area contributed by atoms with Crippen LogP contribution < -0.4 is 0 Å². The first-order chi connectivity index (χ1) is 18.0. The molecule has 1 N–H and O–H groups in total. The summed E-state index contributed by atoms with van der Waals surface area (Å²) in [6, 6.07) is 12.4. The van der Waals surface area contributed by atoms with E-state index < -0.39 is 5.97 Å². The molecule has 1 fully saturated rings. The molecule has 37 heavy (non-hydrogen) atoms. The molecule has 1 aliphatic carbocycles. The Labute approximate surface area is 216 Å². The number of hydrogen-bond donors (Lipinski definition) is 1. The highest BCUT2D eigenvalue weighted by Gasteiger charge is 2.37. The second-order valence-corrected chi connectivity index (χ2v) is 11.3. The number of carboxylic acid groups (broad SMARTS) is 1. The van der Waals surface area contributed by atoms with Crippen molar-refractivity contribution in [2.75, 3.05) is 0 Å². The fourth-order valence-electron chi connectivity index (χ4n) is 7.32. The minimum Gasteiger partial charge on any atom is -0.478 e. The third kappa shape index (κ3) is 3.17. The lowest BCUT2D eigenvalue weighted by atomic mass is 9.81. The van der Waals surface area contributed by atoms with Crippen molar-refractivity contribution in [3.05, 3.63) is 58.8 Å². The van der Waals surface area contributed by atoms with Crippen LogP contribution in [0.25, 0.3) is 33.1 Å². The van der Waals surface area contributed by atoms with Gasteiger partial charge in [-0.15, -0.1) is 0 Å². The van der Waals surface area contributed by atoms with E-state index in [4.69, 9.17) is 0 Å². The number of aryl methyl sites for hydroxylation is 2. The molecule has 4 heterocycles. The topological polar surface area (TPSA) is 67.5 Å². The quantitative estimate of drug-likeness (QED) is 0.341. The minimum absolute atomic E-state index is 0.145. The summed E-state index contributed by atoms with van der Waals surface area (Å²) in [5, 5.41) is 12.1. The molecular formula is C31H33N3O3. The summed E-state index contributed by atoms with van der Waals surface area (Å²) in [5.74, 6) is -0.277. The van der Waals surface area contributed by atoms with E-state index in [0.29, 0.717) is 18.0 Å². The SMILES string of the molecule is CC(C)N1Cc2c(n3c4c(cccc24)-c2c(C4CCCCC4)c4ccc(C(=O)O)cc4n2CCC3)C1=O. The summed E-state index contributed by atoms with van der Waals surface area (Å²) in [4.78, 5) is 27.4. The molecule has 2 aromatic heterocycles. The Bertz CT molecular complexity index is 1600. The van der Waals surface area contributed by atoms with Crippen molar-refractivity contribution in [1.29, 1.82) is 0 Å². The zero-order chi connectivity index (χ0) is 25.4. The predicted octanol–water partition coefficient (Wildman–Crippen LogP) is 6.78. The van der Waals surface area contributed by atoms with Crippen LogP contribution in [0.2, 0.25) is 0 Å². The molecule has 190 valence electrons. The molecule has 6 heteroatoms. The summed E-state index contributed by atoms with van der Waals surface area (Å²) in [6.45, 7) is 6.42. The van der Waals surface area contributed by atoms with Gasteiger partial charge < -0.3 is 19.1 Å². The summed E-state index contributed by atoms with van der Waals surface area (Å²) in [6.07, 6.45) is 6.98. The molecule has 0 saturated heterocycles. The zero-order valence-corrected chi connectivity index (χ0v) is 21.6. The average Bonchev–Trinajstić information content (AvgIpc) is 3.51. The van der Waals surface area contributed by atoms with E-state index in [1.54, 1.807) is 6.07 Å². The van der Waals surface area contributed by atoms with Gasteiger partial charge in [-0.05, 0) is 56.7 Å². The highest BCUT2D eigenvalue weighted by Crippen LogP contribution is 2.48. The van der Waals surface area contributed by atoms with Crippen molar-refractivity contribution in [1.82, 2.24) is 14.0 Å². The number of aromatic carboxylic acids is 1. The number of carbonyl (C=O) groups is 2. The second-order valence-electron chi connectivity index (χ2n) is 11.3. The molecule has 4 aromatic rings. The first-order valence-corrected chi connectivity index (χ1v) is 13.8. The zero-order valence-electron chi connectivity index (χ0n) is 21.6. The number of rotatable bonds is 3. The van der Waals surface area contributed by atoms with E-state index >= 15 is 0 Å². The molecule has 2 aliphatic heterocycles. The number of nitrogens with zero attached hydrogens (tertiary/aromatic N) is 3. The Kier molecular flexibility index (Phi) is 5.04. The fourth-order valence-corrected chi connectivity index (χ4v) is 7.32. The number of carbonyl (C=O) groups excluding carboxylic acids is 1. The van der Waals surface area contributed by atoms with Crippen LogP contribution in [-0.2, 0) is 19.6 Å². The number of aromatic nitrogens is 2. The number of benzene rings is 2. The van der Waals surface area contributed by atoms with Gasteiger partial charge in [-0.3, -0.25) is 4.79 Å². The van der Waals surface area contributed by atoms with Crippen LogP contribution >= 0.6 is 0 Å². The lowest BCUT2D eigenvalue weighted by Gasteiger charge is -2.26. The summed E-state index contributed by atoms with van der Waals surface area (Å²) < 4.78 is 4.70. The Morgan fingerprint density at radius 3 is 2.49 bits per heavy atom. The molecule has 0 radical (unpaired) electrons. The minimum atomic E-state index is -0.886. The van der Waals surface area contributed by atoms with Gasteiger partial charge >= 0.3 is 5.97 Å². The van der Waals surface area contributed by atoms with Crippen LogP contribution in [-0.4, -0.2) is 37.1 Å².